The number of aromatic nitrogens is 2. The number of hydrogen-bond acceptors (Lipinski definition) is 2. The molecule has 1 aromatic rings. The van der Waals surface area contributed by atoms with Crippen LogP contribution >= 0.6 is 0 Å². The third-order valence-electron chi connectivity index (χ3n) is 3.95. The molecule has 0 spiro atoms. The zero-order chi connectivity index (χ0) is 14.0. The van der Waals surface area contributed by atoms with Gasteiger partial charge < -0.3 is 5.32 Å². The van der Waals surface area contributed by atoms with E-state index in [0.717, 1.165) is 25.6 Å². The van der Waals surface area contributed by atoms with E-state index >= 15 is 0 Å². The Morgan fingerprint density at radius 2 is 1.95 bits per heavy atom. The summed E-state index contributed by atoms with van der Waals surface area (Å²) in [4.78, 5) is 0. The van der Waals surface area contributed by atoms with Crippen LogP contribution in [0.15, 0.2) is 0 Å². The van der Waals surface area contributed by atoms with E-state index in [2.05, 4.69) is 44.6 Å². The quantitative estimate of drug-likeness (QED) is 0.819. The van der Waals surface area contributed by atoms with Crippen molar-refractivity contribution in [3.63, 3.8) is 0 Å². The Morgan fingerprint density at radius 1 is 1.26 bits per heavy atom. The van der Waals surface area contributed by atoms with Crippen LogP contribution in [0.1, 0.15) is 50.6 Å². The summed E-state index contributed by atoms with van der Waals surface area (Å²) in [6.45, 7) is 13.4. The normalized spacial score (nSPS) is 17.2. The van der Waals surface area contributed by atoms with E-state index < -0.39 is 0 Å². The summed E-state index contributed by atoms with van der Waals surface area (Å²) >= 11 is 0. The van der Waals surface area contributed by atoms with Crippen molar-refractivity contribution in [1.82, 2.24) is 15.1 Å². The number of nitrogens with zero attached hydrogens (tertiary/aromatic N) is 2. The third-order valence-corrected chi connectivity index (χ3v) is 3.95. The average molecular weight is 263 g/mol. The molecular weight excluding hydrogens is 234 g/mol. The summed E-state index contributed by atoms with van der Waals surface area (Å²) < 4.78 is 2.19. The van der Waals surface area contributed by atoms with E-state index in [0.29, 0.717) is 11.8 Å². The summed E-state index contributed by atoms with van der Waals surface area (Å²) in [7, 11) is 0. The first-order valence-electron chi connectivity index (χ1n) is 7.73. The molecular formula is C16H29N3. The van der Waals surface area contributed by atoms with Gasteiger partial charge in [-0.2, -0.15) is 5.10 Å². The highest BCUT2D eigenvalue weighted by Gasteiger charge is 2.21. The van der Waals surface area contributed by atoms with Gasteiger partial charge in [0.15, 0.2) is 0 Å². The molecule has 19 heavy (non-hydrogen) atoms. The maximum Gasteiger partial charge on any atom is 0.0628 e. The molecule has 0 aromatic carbocycles. The zero-order valence-corrected chi connectivity index (χ0v) is 13.2. The Balaban J connectivity index is 1.95. The van der Waals surface area contributed by atoms with Gasteiger partial charge in [-0.05, 0) is 57.1 Å². The van der Waals surface area contributed by atoms with Crippen LogP contribution in [0.3, 0.4) is 0 Å². The van der Waals surface area contributed by atoms with Gasteiger partial charge in [-0.25, -0.2) is 0 Å². The van der Waals surface area contributed by atoms with Gasteiger partial charge in [0.1, 0.15) is 0 Å². The van der Waals surface area contributed by atoms with Gasteiger partial charge in [0.25, 0.3) is 0 Å². The Hall–Kier alpha value is -0.830. The van der Waals surface area contributed by atoms with Crippen molar-refractivity contribution >= 4 is 0 Å². The molecule has 1 fully saturated rings. The van der Waals surface area contributed by atoms with E-state index in [4.69, 9.17) is 5.10 Å². The number of nitrogens with one attached hydrogen (secondary N) is 1. The van der Waals surface area contributed by atoms with E-state index in [-0.39, 0.29) is 0 Å². The molecule has 3 heteroatoms. The average Bonchev–Trinajstić information content (AvgIpc) is 3.11. The van der Waals surface area contributed by atoms with Gasteiger partial charge in [0.05, 0.1) is 5.69 Å². The highest BCUT2D eigenvalue weighted by Crippen LogP contribution is 2.21. The first kappa shape index (κ1) is 14.6. The van der Waals surface area contributed by atoms with Crippen molar-refractivity contribution in [2.24, 2.45) is 11.8 Å². The van der Waals surface area contributed by atoms with Crippen LogP contribution in [0, 0.1) is 25.7 Å². The highest BCUT2D eigenvalue weighted by atomic mass is 15.3. The Kier molecular flexibility index (Phi) is 4.67. The molecule has 1 atom stereocenters. The van der Waals surface area contributed by atoms with Crippen molar-refractivity contribution in [3.8, 4) is 0 Å². The fourth-order valence-electron chi connectivity index (χ4n) is 2.63. The van der Waals surface area contributed by atoms with Crippen LogP contribution in [0.2, 0.25) is 0 Å². The Labute approximate surface area is 117 Å². The van der Waals surface area contributed by atoms with Crippen LogP contribution in [0.4, 0.5) is 0 Å². The van der Waals surface area contributed by atoms with Crippen molar-refractivity contribution in [2.45, 2.75) is 66.5 Å². The molecule has 1 aromatic heterocycles. The predicted molar refractivity (Wildman–Crippen MR) is 80.4 cm³/mol. The van der Waals surface area contributed by atoms with Crippen LogP contribution in [-0.4, -0.2) is 22.4 Å². The molecule has 1 saturated carbocycles. The minimum absolute atomic E-state index is 0.653. The zero-order valence-electron chi connectivity index (χ0n) is 13.2. The molecule has 3 nitrogen and oxygen atoms in total. The standard InChI is InChI=1S/C16H29N3/c1-11(2)10-19-14(5)16(13(4)18-19)8-12(3)9-17-15-6-7-15/h11-12,15,17H,6-10H2,1-5H3. The van der Waals surface area contributed by atoms with E-state index in [1.165, 1.54) is 29.8 Å². The Bertz CT molecular complexity index is 416. The molecule has 1 unspecified atom stereocenters. The Morgan fingerprint density at radius 3 is 2.53 bits per heavy atom. The number of hydrogen-bond donors (Lipinski definition) is 1. The maximum absolute atomic E-state index is 4.71. The SMILES string of the molecule is Cc1nn(CC(C)C)c(C)c1CC(C)CNC1CC1. The summed E-state index contributed by atoms with van der Waals surface area (Å²) in [6.07, 6.45) is 3.89. The monoisotopic (exact) mass is 263 g/mol. The summed E-state index contributed by atoms with van der Waals surface area (Å²) in [5.74, 6) is 1.34. The van der Waals surface area contributed by atoms with Crippen LogP contribution < -0.4 is 5.32 Å². The lowest BCUT2D eigenvalue weighted by molar-refractivity contribution is 0.471. The van der Waals surface area contributed by atoms with Gasteiger partial charge in [0, 0.05) is 18.3 Å². The van der Waals surface area contributed by atoms with Crippen LogP contribution in [0.25, 0.3) is 0 Å². The summed E-state index contributed by atoms with van der Waals surface area (Å²) in [6, 6.07) is 0.813. The molecule has 0 amide bonds. The summed E-state index contributed by atoms with van der Waals surface area (Å²) in [5, 5.41) is 8.33. The minimum atomic E-state index is 0.653. The lowest BCUT2D eigenvalue weighted by Crippen LogP contribution is -2.24. The number of rotatable bonds is 7. The second kappa shape index (κ2) is 6.08. The highest BCUT2D eigenvalue weighted by molar-refractivity contribution is 5.25. The lowest BCUT2D eigenvalue weighted by atomic mass is 9.99. The van der Waals surface area contributed by atoms with Crippen molar-refractivity contribution in [3.05, 3.63) is 17.0 Å². The molecule has 108 valence electrons. The first-order valence-corrected chi connectivity index (χ1v) is 7.73. The third kappa shape index (κ3) is 4.07. The van der Waals surface area contributed by atoms with Crippen molar-refractivity contribution < 1.29 is 0 Å². The van der Waals surface area contributed by atoms with Crippen molar-refractivity contribution in [2.75, 3.05) is 6.54 Å². The molecule has 0 bridgehead atoms. The molecule has 2 rings (SSSR count). The van der Waals surface area contributed by atoms with Gasteiger partial charge in [-0.1, -0.05) is 20.8 Å². The second-order valence-electron chi connectivity index (χ2n) is 6.72. The van der Waals surface area contributed by atoms with E-state index in [1.807, 2.05) is 0 Å². The van der Waals surface area contributed by atoms with Gasteiger partial charge in [-0.3, -0.25) is 4.68 Å². The largest absolute Gasteiger partial charge is 0.314 e. The first-order chi connectivity index (χ1) is 8.97. The topological polar surface area (TPSA) is 29.9 Å². The van der Waals surface area contributed by atoms with E-state index in [9.17, 15) is 0 Å². The summed E-state index contributed by atoms with van der Waals surface area (Å²) in [5.41, 5.74) is 4.05. The molecule has 1 N–H and O–H groups in total. The fraction of sp³-hybridized carbons (Fsp3) is 0.812. The predicted octanol–water partition coefficient (Wildman–Crippen LogP) is 3.09. The van der Waals surface area contributed by atoms with E-state index in [1.54, 1.807) is 0 Å². The molecule has 1 aliphatic carbocycles. The molecule has 1 aliphatic rings. The van der Waals surface area contributed by atoms with Gasteiger partial charge in [-0.15, -0.1) is 0 Å². The molecule has 0 aliphatic heterocycles. The lowest BCUT2D eigenvalue weighted by Gasteiger charge is -2.13. The van der Waals surface area contributed by atoms with Crippen LogP contribution in [0.5, 0.6) is 0 Å². The second-order valence-corrected chi connectivity index (χ2v) is 6.72. The molecule has 1 heterocycles. The molecule has 0 radical (unpaired) electrons. The minimum Gasteiger partial charge on any atom is -0.314 e. The van der Waals surface area contributed by atoms with Gasteiger partial charge in [0.2, 0.25) is 0 Å². The van der Waals surface area contributed by atoms with Crippen LogP contribution in [-0.2, 0) is 13.0 Å². The maximum atomic E-state index is 4.71. The smallest absolute Gasteiger partial charge is 0.0628 e. The fourth-order valence-corrected chi connectivity index (χ4v) is 2.63. The molecule has 0 saturated heterocycles. The van der Waals surface area contributed by atoms with Crippen molar-refractivity contribution in [1.29, 1.82) is 0 Å². The van der Waals surface area contributed by atoms with Gasteiger partial charge >= 0.3 is 0 Å². The number of aryl methyl sites for hydroxylation is 1.